The molecule has 2 N–H and O–H groups in total. The molecule has 2 rings (SSSR count). The molecule has 0 aromatic rings. The van der Waals surface area contributed by atoms with E-state index in [4.69, 9.17) is 0 Å². The zero-order valence-electron chi connectivity index (χ0n) is 11.4. The zero-order valence-corrected chi connectivity index (χ0v) is 11.4. The van der Waals surface area contributed by atoms with E-state index in [1.54, 1.807) is 0 Å². The summed E-state index contributed by atoms with van der Waals surface area (Å²) < 4.78 is 0. The molecule has 0 spiro atoms. The number of amides is 1. The van der Waals surface area contributed by atoms with E-state index in [1.807, 2.05) is 0 Å². The van der Waals surface area contributed by atoms with Gasteiger partial charge in [0.15, 0.2) is 0 Å². The maximum Gasteiger partial charge on any atom is 0.226 e. The van der Waals surface area contributed by atoms with Crippen LogP contribution in [0.25, 0.3) is 0 Å². The van der Waals surface area contributed by atoms with Crippen molar-refractivity contribution in [1.82, 2.24) is 10.6 Å². The highest BCUT2D eigenvalue weighted by Crippen LogP contribution is 2.37. The van der Waals surface area contributed by atoms with Crippen LogP contribution in [-0.4, -0.2) is 24.0 Å². The van der Waals surface area contributed by atoms with E-state index in [0.29, 0.717) is 18.1 Å². The van der Waals surface area contributed by atoms with Crippen LogP contribution in [0.2, 0.25) is 0 Å². The minimum Gasteiger partial charge on any atom is -0.351 e. The molecule has 1 amide bonds. The fourth-order valence-corrected chi connectivity index (χ4v) is 3.25. The maximum absolute atomic E-state index is 12.3. The van der Waals surface area contributed by atoms with Gasteiger partial charge in [0, 0.05) is 23.5 Å². The number of carbonyl (C=O) groups excluding carboxylic acids is 1. The van der Waals surface area contributed by atoms with E-state index in [9.17, 15) is 4.79 Å². The Kier molecular flexibility index (Phi) is 3.76. The van der Waals surface area contributed by atoms with Crippen molar-refractivity contribution in [3.63, 3.8) is 0 Å². The lowest BCUT2D eigenvalue weighted by molar-refractivity contribution is -0.131. The van der Waals surface area contributed by atoms with Gasteiger partial charge in [0.05, 0.1) is 0 Å². The minimum absolute atomic E-state index is 0.0945. The SMILES string of the molecule is CC1CCC(NC(=O)C2(C)CCCC2)C(C)N1. The topological polar surface area (TPSA) is 41.1 Å². The van der Waals surface area contributed by atoms with Gasteiger partial charge in [0.25, 0.3) is 0 Å². The molecular formula is C14H26N2O. The number of hydrogen-bond acceptors (Lipinski definition) is 2. The third-order valence-electron chi connectivity index (χ3n) is 4.63. The summed E-state index contributed by atoms with van der Waals surface area (Å²) in [5, 5.41) is 6.79. The molecule has 3 unspecified atom stereocenters. The number of piperidine rings is 1. The van der Waals surface area contributed by atoms with Crippen LogP contribution >= 0.6 is 0 Å². The van der Waals surface area contributed by atoms with E-state index in [-0.39, 0.29) is 11.3 Å². The molecule has 17 heavy (non-hydrogen) atoms. The summed E-state index contributed by atoms with van der Waals surface area (Å²) >= 11 is 0. The second-order valence-electron chi connectivity index (χ2n) is 6.28. The van der Waals surface area contributed by atoms with Crippen LogP contribution in [0.3, 0.4) is 0 Å². The number of rotatable bonds is 2. The first-order chi connectivity index (χ1) is 8.01. The second-order valence-corrected chi connectivity index (χ2v) is 6.28. The molecule has 1 saturated heterocycles. The summed E-state index contributed by atoms with van der Waals surface area (Å²) in [4.78, 5) is 12.3. The first kappa shape index (κ1) is 12.9. The Labute approximate surface area is 105 Å². The molecular weight excluding hydrogens is 212 g/mol. The molecule has 3 heteroatoms. The fraction of sp³-hybridized carbons (Fsp3) is 0.929. The van der Waals surface area contributed by atoms with Gasteiger partial charge in [-0.3, -0.25) is 4.79 Å². The van der Waals surface area contributed by atoms with Crippen molar-refractivity contribution in [1.29, 1.82) is 0 Å². The highest BCUT2D eigenvalue weighted by atomic mass is 16.2. The van der Waals surface area contributed by atoms with Crippen molar-refractivity contribution in [3.8, 4) is 0 Å². The smallest absolute Gasteiger partial charge is 0.226 e. The van der Waals surface area contributed by atoms with Crippen LogP contribution in [-0.2, 0) is 4.79 Å². The lowest BCUT2D eigenvalue weighted by Crippen LogP contribution is -2.56. The van der Waals surface area contributed by atoms with Gasteiger partial charge < -0.3 is 10.6 Å². The molecule has 0 radical (unpaired) electrons. The average Bonchev–Trinajstić information content (AvgIpc) is 2.71. The van der Waals surface area contributed by atoms with Crippen LogP contribution in [0, 0.1) is 5.41 Å². The lowest BCUT2D eigenvalue weighted by atomic mass is 9.86. The van der Waals surface area contributed by atoms with Gasteiger partial charge in [-0.05, 0) is 39.5 Å². The third kappa shape index (κ3) is 2.82. The Hall–Kier alpha value is -0.570. The molecule has 2 fully saturated rings. The van der Waals surface area contributed by atoms with Crippen LogP contribution in [0.5, 0.6) is 0 Å². The Morgan fingerprint density at radius 2 is 1.88 bits per heavy atom. The van der Waals surface area contributed by atoms with Gasteiger partial charge in [-0.15, -0.1) is 0 Å². The first-order valence-corrected chi connectivity index (χ1v) is 7.08. The van der Waals surface area contributed by atoms with Crippen molar-refractivity contribution >= 4 is 5.91 Å². The maximum atomic E-state index is 12.3. The summed E-state index contributed by atoms with van der Waals surface area (Å²) in [6.07, 6.45) is 6.80. The molecule has 0 aromatic carbocycles. The van der Waals surface area contributed by atoms with Gasteiger partial charge in [0.1, 0.15) is 0 Å². The van der Waals surface area contributed by atoms with Gasteiger partial charge in [-0.1, -0.05) is 19.8 Å². The van der Waals surface area contributed by atoms with Crippen molar-refractivity contribution in [2.45, 2.75) is 77.4 Å². The first-order valence-electron chi connectivity index (χ1n) is 7.08. The van der Waals surface area contributed by atoms with Crippen molar-refractivity contribution in [2.24, 2.45) is 5.41 Å². The van der Waals surface area contributed by atoms with Gasteiger partial charge in [-0.2, -0.15) is 0 Å². The Morgan fingerprint density at radius 3 is 2.47 bits per heavy atom. The summed E-state index contributed by atoms with van der Waals surface area (Å²) in [5.41, 5.74) is -0.0945. The highest BCUT2D eigenvalue weighted by molar-refractivity contribution is 5.82. The van der Waals surface area contributed by atoms with Gasteiger partial charge in [0.2, 0.25) is 5.91 Å². The Bertz CT molecular complexity index is 284. The molecule has 1 aliphatic heterocycles. The molecule has 3 nitrogen and oxygen atoms in total. The molecule has 1 saturated carbocycles. The minimum atomic E-state index is -0.0945. The molecule has 3 atom stereocenters. The average molecular weight is 238 g/mol. The molecule has 2 aliphatic rings. The van der Waals surface area contributed by atoms with Crippen LogP contribution in [0.15, 0.2) is 0 Å². The summed E-state index contributed by atoms with van der Waals surface area (Å²) in [7, 11) is 0. The largest absolute Gasteiger partial charge is 0.351 e. The molecule has 1 aliphatic carbocycles. The molecule has 1 heterocycles. The summed E-state index contributed by atoms with van der Waals surface area (Å²) in [6.45, 7) is 6.52. The third-order valence-corrected chi connectivity index (χ3v) is 4.63. The fourth-order valence-electron chi connectivity index (χ4n) is 3.25. The molecule has 0 bridgehead atoms. The van der Waals surface area contributed by atoms with Crippen LogP contribution < -0.4 is 10.6 Å². The van der Waals surface area contributed by atoms with Crippen molar-refractivity contribution < 1.29 is 4.79 Å². The van der Waals surface area contributed by atoms with E-state index < -0.39 is 0 Å². The Balaban J connectivity index is 1.90. The molecule has 98 valence electrons. The zero-order chi connectivity index (χ0) is 12.5. The predicted octanol–water partition coefficient (Wildman–Crippen LogP) is 2.21. The van der Waals surface area contributed by atoms with E-state index in [1.165, 1.54) is 12.8 Å². The standard InChI is InChI=1S/C14H26N2O/c1-10-6-7-12(11(2)15-10)16-13(17)14(3)8-4-5-9-14/h10-12,15H,4-9H2,1-3H3,(H,16,17). The van der Waals surface area contributed by atoms with Crippen LogP contribution in [0.4, 0.5) is 0 Å². The van der Waals surface area contributed by atoms with Gasteiger partial charge >= 0.3 is 0 Å². The van der Waals surface area contributed by atoms with Crippen molar-refractivity contribution in [3.05, 3.63) is 0 Å². The van der Waals surface area contributed by atoms with Crippen LogP contribution in [0.1, 0.15) is 59.3 Å². The second kappa shape index (κ2) is 4.97. The van der Waals surface area contributed by atoms with Crippen molar-refractivity contribution in [2.75, 3.05) is 0 Å². The number of carbonyl (C=O) groups is 1. The summed E-state index contributed by atoms with van der Waals surface area (Å²) in [5.74, 6) is 0.281. The highest BCUT2D eigenvalue weighted by Gasteiger charge is 2.38. The predicted molar refractivity (Wildman–Crippen MR) is 69.8 cm³/mol. The molecule has 0 aromatic heterocycles. The van der Waals surface area contributed by atoms with E-state index >= 15 is 0 Å². The quantitative estimate of drug-likeness (QED) is 0.774. The summed E-state index contributed by atoms with van der Waals surface area (Å²) in [6, 6.07) is 1.30. The lowest BCUT2D eigenvalue weighted by Gasteiger charge is -2.36. The van der Waals surface area contributed by atoms with E-state index in [2.05, 4.69) is 31.4 Å². The number of hydrogen-bond donors (Lipinski definition) is 2. The Morgan fingerprint density at radius 1 is 1.24 bits per heavy atom. The number of nitrogens with one attached hydrogen (secondary N) is 2. The van der Waals surface area contributed by atoms with E-state index in [0.717, 1.165) is 25.7 Å². The monoisotopic (exact) mass is 238 g/mol. The van der Waals surface area contributed by atoms with Gasteiger partial charge in [-0.25, -0.2) is 0 Å². The normalized spacial score (nSPS) is 36.8.